The predicted octanol–water partition coefficient (Wildman–Crippen LogP) is 6.16. The molecule has 0 spiro atoms. The number of rotatable bonds is 10. The molecule has 1 amide bonds. The summed E-state index contributed by atoms with van der Waals surface area (Å²) >= 11 is 0. The molecule has 0 aromatic heterocycles. The number of nitrogens with one attached hydrogen (secondary N) is 1. The van der Waals surface area contributed by atoms with E-state index < -0.39 is 0 Å². The lowest BCUT2D eigenvalue weighted by Crippen LogP contribution is -2.45. The van der Waals surface area contributed by atoms with Crippen molar-refractivity contribution >= 4 is 11.9 Å². The number of benzene rings is 3. The lowest BCUT2D eigenvalue weighted by atomic mass is 9.76. The van der Waals surface area contributed by atoms with E-state index in [1.807, 2.05) is 48.5 Å². The molecule has 1 heterocycles. The van der Waals surface area contributed by atoms with E-state index in [9.17, 15) is 9.59 Å². The zero-order valence-corrected chi connectivity index (χ0v) is 22.9. The van der Waals surface area contributed by atoms with Gasteiger partial charge in [0.2, 0.25) is 0 Å². The van der Waals surface area contributed by atoms with E-state index in [1.54, 1.807) is 0 Å². The van der Waals surface area contributed by atoms with Gasteiger partial charge < -0.3 is 15.0 Å². The van der Waals surface area contributed by atoms with Crippen LogP contribution in [0.2, 0.25) is 0 Å². The van der Waals surface area contributed by atoms with E-state index in [1.165, 1.54) is 18.2 Å². The molecule has 1 unspecified atom stereocenters. The number of methoxy groups -OCH3 is 1. The summed E-state index contributed by atoms with van der Waals surface area (Å²) in [6, 6.07) is 26.6. The quantitative estimate of drug-likeness (QED) is 0.331. The van der Waals surface area contributed by atoms with E-state index >= 15 is 0 Å². The van der Waals surface area contributed by atoms with Crippen molar-refractivity contribution < 1.29 is 14.3 Å². The monoisotopic (exact) mass is 512 g/mol. The summed E-state index contributed by atoms with van der Waals surface area (Å²) in [5, 5.41) is 3.29. The summed E-state index contributed by atoms with van der Waals surface area (Å²) in [5.41, 5.74) is 4.88. The Hall–Kier alpha value is -3.44. The van der Waals surface area contributed by atoms with E-state index in [0.717, 1.165) is 62.0 Å². The molecule has 1 N–H and O–H groups in total. The van der Waals surface area contributed by atoms with Gasteiger partial charge in [0.1, 0.15) is 0 Å². The van der Waals surface area contributed by atoms with E-state index in [-0.39, 0.29) is 23.3 Å². The fourth-order valence-electron chi connectivity index (χ4n) is 5.57. The van der Waals surface area contributed by atoms with Crippen LogP contribution in [0.5, 0.6) is 0 Å². The molecule has 1 atom stereocenters. The van der Waals surface area contributed by atoms with Crippen molar-refractivity contribution in [2.75, 3.05) is 26.7 Å². The molecule has 4 rings (SSSR count). The largest absolute Gasteiger partial charge is 0.469 e. The predicted molar refractivity (Wildman–Crippen MR) is 153 cm³/mol. The normalized spacial score (nSPS) is 16.0. The number of likely N-dealkylation sites (tertiary alicyclic amines) is 1. The van der Waals surface area contributed by atoms with Gasteiger partial charge in [0, 0.05) is 30.1 Å². The number of carbonyl (C=O) groups excluding carboxylic acids is 2. The second-order valence-corrected chi connectivity index (χ2v) is 10.8. The molecule has 1 aliphatic heterocycles. The van der Waals surface area contributed by atoms with Crippen LogP contribution in [0.15, 0.2) is 78.9 Å². The van der Waals surface area contributed by atoms with Crippen molar-refractivity contribution in [1.29, 1.82) is 0 Å². The maximum absolute atomic E-state index is 13.2. The molecule has 3 aromatic carbocycles. The van der Waals surface area contributed by atoms with Crippen LogP contribution in [0, 0.1) is 6.92 Å². The number of nitrogens with zero attached hydrogens (tertiary/aromatic N) is 1. The second-order valence-electron chi connectivity index (χ2n) is 10.8. The smallest absolute Gasteiger partial charge is 0.306 e. The first kappa shape index (κ1) is 27.6. The number of amides is 1. The molecule has 38 heavy (non-hydrogen) atoms. The Bertz CT molecular complexity index is 1220. The van der Waals surface area contributed by atoms with Crippen molar-refractivity contribution in [2.45, 2.75) is 57.4 Å². The zero-order valence-electron chi connectivity index (χ0n) is 22.9. The number of hydrogen-bond acceptors (Lipinski definition) is 4. The number of piperidine rings is 1. The van der Waals surface area contributed by atoms with Gasteiger partial charge in [-0.2, -0.15) is 0 Å². The van der Waals surface area contributed by atoms with Crippen LogP contribution in [-0.4, -0.2) is 49.6 Å². The maximum atomic E-state index is 13.2. The number of aryl methyl sites for hydroxylation is 1. The van der Waals surface area contributed by atoms with Crippen molar-refractivity contribution in [3.63, 3.8) is 0 Å². The summed E-state index contributed by atoms with van der Waals surface area (Å²) in [6.07, 6.45) is 4.18. The van der Waals surface area contributed by atoms with Crippen LogP contribution in [0.25, 0.3) is 11.1 Å². The topological polar surface area (TPSA) is 58.6 Å². The molecule has 1 fully saturated rings. The highest BCUT2D eigenvalue weighted by atomic mass is 16.5. The van der Waals surface area contributed by atoms with Gasteiger partial charge in [0.15, 0.2) is 0 Å². The van der Waals surface area contributed by atoms with Gasteiger partial charge in [0.05, 0.1) is 13.5 Å². The molecule has 5 heteroatoms. The van der Waals surface area contributed by atoms with Gasteiger partial charge in [-0.1, -0.05) is 85.3 Å². The Kier molecular flexibility index (Phi) is 9.35. The third-order valence-electron chi connectivity index (χ3n) is 7.86. The fourth-order valence-corrected chi connectivity index (χ4v) is 5.57. The average Bonchev–Trinajstić information content (AvgIpc) is 2.94. The van der Waals surface area contributed by atoms with Gasteiger partial charge in [-0.25, -0.2) is 0 Å². The molecule has 200 valence electrons. The third-order valence-corrected chi connectivity index (χ3v) is 7.86. The minimum absolute atomic E-state index is 0.00185. The molecule has 3 aromatic rings. The summed E-state index contributed by atoms with van der Waals surface area (Å²) in [7, 11) is 1.46. The van der Waals surface area contributed by atoms with E-state index in [0.29, 0.717) is 6.42 Å². The van der Waals surface area contributed by atoms with Crippen molar-refractivity contribution in [2.24, 2.45) is 0 Å². The first-order valence-corrected chi connectivity index (χ1v) is 13.7. The van der Waals surface area contributed by atoms with Crippen LogP contribution in [0.4, 0.5) is 0 Å². The van der Waals surface area contributed by atoms with Gasteiger partial charge in [-0.3, -0.25) is 9.59 Å². The first-order valence-electron chi connectivity index (χ1n) is 13.7. The highest BCUT2D eigenvalue weighted by Crippen LogP contribution is 2.33. The summed E-state index contributed by atoms with van der Waals surface area (Å²) < 4.78 is 4.99. The minimum Gasteiger partial charge on any atom is -0.469 e. The zero-order chi connectivity index (χ0) is 27.0. The molecule has 5 nitrogen and oxygen atoms in total. The highest BCUT2D eigenvalue weighted by molar-refractivity contribution is 6.01. The number of carbonyl (C=O) groups is 2. The minimum atomic E-state index is -0.245. The number of hydrogen-bond donors (Lipinski definition) is 1. The summed E-state index contributed by atoms with van der Waals surface area (Å²) in [5.74, 6) is -0.168. The molecule has 0 aliphatic carbocycles. The molecular weight excluding hydrogens is 472 g/mol. The number of esters is 1. The Morgan fingerprint density at radius 1 is 0.974 bits per heavy atom. The van der Waals surface area contributed by atoms with E-state index in [2.05, 4.69) is 54.4 Å². The lowest BCUT2D eigenvalue weighted by molar-refractivity contribution is -0.142. The first-order chi connectivity index (χ1) is 18.4. The van der Waals surface area contributed by atoms with Crippen molar-refractivity contribution in [3.8, 4) is 11.1 Å². The molecule has 1 aliphatic rings. The standard InChI is InChI=1S/C33H40N2O3/c1-25-11-9-12-26(23-25)29-15-7-8-16-30(29)32(37)34-28-17-21-35(22-18-28)20-10-19-33(2,24-31(36)38-3)27-13-5-4-6-14-27/h4-9,11-16,23,28H,10,17-22,24H2,1-3H3,(H,34,37). The molecule has 0 saturated carbocycles. The maximum Gasteiger partial charge on any atom is 0.306 e. The molecular formula is C33H40N2O3. The summed E-state index contributed by atoms with van der Waals surface area (Å²) in [6.45, 7) is 7.14. The van der Waals surface area contributed by atoms with Crippen LogP contribution >= 0.6 is 0 Å². The molecule has 0 radical (unpaired) electrons. The highest BCUT2D eigenvalue weighted by Gasteiger charge is 2.30. The van der Waals surface area contributed by atoms with Gasteiger partial charge >= 0.3 is 5.97 Å². The van der Waals surface area contributed by atoms with E-state index in [4.69, 9.17) is 4.74 Å². The third kappa shape index (κ3) is 7.11. The Balaban J connectivity index is 1.29. The fraction of sp³-hybridized carbons (Fsp3) is 0.394. The second kappa shape index (κ2) is 12.9. The number of ether oxygens (including phenoxy) is 1. The van der Waals surface area contributed by atoms with Gasteiger partial charge in [-0.05, 0) is 61.9 Å². The SMILES string of the molecule is COC(=O)CC(C)(CCCN1CCC(NC(=O)c2ccccc2-c2cccc(C)c2)CC1)c1ccccc1. The van der Waals surface area contributed by atoms with Crippen molar-refractivity contribution in [1.82, 2.24) is 10.2 Å². The Morgan fingerprint density at radius 2 is 1.68 bits per heavy atom. The van der Waals surface area contributed by atoms with Crippen LogP contribution < -0.4 is 5.32 Å². The Labute approximate surface area is 227 Å². The van der Waals surface area contributed by atoms with Gasteiger partial charge in [-0.15, -0.1) is 0 Å². The van der Waals surface area contributed by atoms with Crippen LogP contribution in [0.3, 0.4) is 0 Å². The van der Waals surface area contributed by atoms with Crippen molar-refractivity contribution in [3.05, 3.63) is 95.6 Å². The average molecular weight is 513 g/mol. The molecule has 1 saturated heterocycles. The van der Waals surface area contributed by atoms with Crippen LogP contribution in [0.1, 0.15) is 60.5 Å². The lowest BCUT2D eigenvalue weighted by Gasteiger charge is -2.34. The molecule has 0 bridgehead atoms. The van der Waals surface area contributed by atoms with Gasteiger partial charge in [0.25, 0.3) is 5.91 Å². The van der Waals surface area contributed by atoms with Crippen LogP contribution in [-0.2, 0) is 14.9 Å². The Morgan fingerprint density at radius 3 is 2.39 bits per heavy atom. The summed E-state index contributed by atoms with van der Waals surface area (Å²) in [4.78, 5) is 27.9.